The summed E-state index contributed by atoms with van der Waals surface area (Å²) in [6.45, 7) is -0.711. The molecule has 0 radical (unpaired) electrons. The van der Waals surface area contributed by atoms with Crippen molar-refractivity contribution in [3.63, 3.8) is 0 Å². The monoisotopic (exact) mass is 404 g/mol. The van der Waals surface area contributed by atoms with Crippen LogP contribution in [0.4, 0.5) is 18.9 Å². The van der Waals surface area contributed by atoms with E-state index in [1.165, 1.54) is 13.2 Å². The van der Waals surface area contributed by atoms with Crippen molar-refractivity contribution in [3.8, 4) is 11.8 Å². The molecule has 0 aliphatic carbocycles. The van der Waals surface area contributed by atoms with Crippen LogP contribution in [0.3, 0.4) is 0 Å². The van der Waals surface area contributed by atoms with Gasteiger partial charge in [-0.3, -0.25) is 4.79 Å². The van der Waals surface area contributed by atoms with Crippen LogP contribution in [0.15, 0.2) is 54.1 Å². The van der Waals surface area contributed by atoms with Gasteiger partial charge in [0.25, 0.3) is 5.91 Å². The molecule has 0 saturated heterocycles. The molecule has 0 unspecified atom stereocenters. The Balaban J connectivity index is 1.95. The molecule has 0 aliphatic rings. The Morgan fingerprint density at radius 2 is 1.86 bits per heavy atom. The Labute approximate surface area is 164 Å². The smallest absolute Gasteiger partial charge is 0.416 e. The van der Waals surface area contributed by atoms with Crippen LogP contribution in [-0.2, 0) is 20.5 Å². The first-order valence-corrected chi connectivity index (χ1v) is 8.13. The molecule has 0 saturated carbocycles. The zero-order valence-electron chi connectivity index (χ0n) is 15.1. The summed E-state index contributed by atoms with van der Waals surface area (Å²) in [5.41, 5.74) is -0.567. The number of nitriles is 1. The van der Waals surface area contributed by atoms with Crippen molar-refractivity contribution >= 4 is 23.6 Å². The molecule has 0 aromatic heterocycles. The van der Waals surface area contributed by atoms with E-state index in [0.29, 0.717) is 11.3 Å². The first-order valence-electron chi connectivity index (χ1n) is 8.13. The molecule has 0 fully saturated rings. The lowest BCUT2D eigenvalue weighted by molar-refractivity contribution is -0.142. The average Bonchev–Trinajstić information content (AvgIpc) is 2.70. The molecule has 9 heteroatoms. The molecule has 1 amide bonds. The Bertz CT molecular complexity index is 961. The third-order valence-corrected chi connectivity index (χ3v) is 3.58. The van der Waals surface area contributed by atoms with Crippen molar-refractivity contribution in [2.75, 3.05) is 19.0 Å². The Morgan fingerprint density at radius 1 is 1.17 bits per heavy atom. The molecule has 0 atom stereocenters. The van der Waals surface area contributed by atoms with E-state index in [9.17, 15) is 22.8 Å². The summed E-state index contributed by atoms with van der Waals surface area (Å²) in [7, 11) is 1.47. The van der Waals surface area contributed by atoms with Gasteiger partial charge in [-0.25, -0.2) is 4.79 Å². The number of alkyl halides is 3. The van der Waals surface area contributed by atoms with Crippen LogP contribution in [0.2, 0.25) is 0 Å². The highest BCUT2D eigenvalue weighted by molar-refractivity contribution is 6.00. The van der Waals surface area contributed by atoms with E-state index in [4.69, 9.17) is 14.7 Å². The molecular formula is C20H15F3N2O4. The number of nitrogens with zero attached hydrogens (tertiary/aromatic N) is 1. The predicted molar refractivity (Wildman–Crippen MR) is 97.6 cm³/mol. The van der Waals surface area contributed by atoms with Gasteiger partial charge in [-0.15, -0.1) is 0 Å². The SMILES string of the molecule is COc1cccc(/C=C(\C#N)C(=O)OCC(=O)Nc2ccc(C(F)(F)F)cc2)c1. The van der Waals surface area contributed by atoms with Gasteiger partial charge in [-0.05, 0) is 48.0 Å². The summed E-state index contributed by atoms with van der Waals surface area (Å²) in [4.78, 5) is 23.8. The molecule has 2 rings (SSSR count). The van der Waals surface area contributed by atoms with Crippen molar-refractivity contribution in [1.82, 2.24) is 0 Å². The minimum atomic E-state index is -4.49. The molecule has 0 aliphatic heterocycles. The zero-order chi connectivity index (χ0) is 21.4. The van der Waals surface area contributed by atoms with E-state index in [1.807, 2.05) is 0 Å². The molecule has 1 N–H and O–H groups in total. The molecule has 2 aromatic carbocycles. The lowest BCUT2D eigenvalue weighted by atomic mass is 10.1. The number of nitrogens with one attached hydrogen (secondary N) is 1. The first kappa shape index (κ1) is 21.5. The number of benzene rings is 2. The maximum absolute atomic E-state index is 12.5. The van der Waals surface area contributed by atoms with Crippen molar-refractivity contribution in [2.24, 2.45) is 0 Å². The lowest BCUT2D eigenvalue weighted by Gasteiger charge is -2.09. The third-order valence-electron chi connectivity index (χ3n) is 3.58. The van der Waals surface area contributed by atoms with Crippen LogP contribution in [0, 0.1) is 11.3 Å². The fraction of sp³-hybridized carbons (Fsp3) is 0.150. The van der Waals surface area contributed by atoms with E-state index in [-0.39, 0.29) is 11.3 Å². The molecule has 150 valence electrons. The van der Waals surface area contributed by atoms with E-state index in [2.05, 4.69) is 5.32 Å². The number of halogens is 3. The molecule has 6 nitrogen and oxygen atoms in total. The van der Waals surface area contributed by atoms with E-state index >= 15 is 0 Å². The van der Waals surface area contributed by atoms with Gasteiger partial charge in [0, 0.05) is 5.69 Å². The van der Waals surface area contributed by atoms with Crippen LogP contribution < -0.4 is 10.1 Å². The van der Waals surface area contributed by atoms with Crippen molar-refractivity contribution in [1.29, 1.82) is 5.26 Å². The van der Waals surface area contributed by atoms with Crippen LogP contribution >= 0.6 is 0 Å². The number of hydrogen-bond donors (Lipinski definition) is 1. The number of hydrogen-bond acceptors (Lipinski definition) is 5. The van der Waals surface area contributed by atoms with Gasteiger partial charge in [-0.2, -0.15) is 18.4 Å². The molecule has 29 heavy (non-hydrogen) atoms. The highest BCUT2D eigenvalue weighted by atomic mass is 19.4. The number of carbonyl (C=O) groups excluding carboxylic acids is 2. The predicted octanol–water partition coefficient (Wildman–Crippen LogP) is 3.80. The van der Waals surface area contributed by atoms with Gasteiger partial charge >= 0.3 is 12.1 Å². The zero-order valence-corrected chi connectivity index (χ0v) is 15.1. The van der Waals surface area contributed by atoms with Crippen molar-refractivity contribution in [3.05, 3.63) is 65.2 Å². The topological polar surface area (TPSA) is 88.4 Å². The van der Waals surface area contributed by atoms with Crippen molar-refractivity contribution < 1.29 is 32.2 Å². The number of carbonyl (C=O) groups is 2. The summed E-state index contributed by atoms with van der Waals surface area (Å²) < 4.78 is 47.4. The summed E-state index contributed by atoms with van der Waals surface area (Å²) in [6, 6.07) is 12.1. The van der Waals surface area contributed by atoms with Crippen LogP contribution in [0.1, 0.15) is 11.1 Å². The van der Waals surface area contributed by atoms with E-state index in [1.54, 1.807) is 30.3 Å². The molecule has 0 heterocycles. The quantitative estimate of drug-likeness (QED) is 0.449. The normalized spacial score (nSPS) is 11.3. The number of anilines is 1. The summed E-state index contributed by atoms with van der Waals surface area (Å²) >= 11 is 0. The second-order valence-electron chi connectivity index (χ2n) is 5.65. The number of amides is 1. The maximum Gasteiger partial charge on any atom is 0.416 e. The molecular weight excluding hydrogens is 389 g/mol. The second-order valence-corrected chi connectivity index (χ2v) is 5.65. The minimum Gasteiger partial charge on any atom is -0.497 e. The Kier molecular flexibility index (Phi) is 6.98. The largest absolute Gasteiger partial charge is 0.497 e. The van der Waals surface area contributed by atoms with Gasteiger partial charge in [0.05, 0.1) is 12.7 Å². The molecule has 0 spiro atoms. The number of ether oxygens (including phenoxy) is 2. The molecule has 2 aromatic rings. The van der Waals surface area contributed by atoms with Gasteiger partial charge < -0.3 is 14.8 Å². The third kappa shape index (κ3) is 6.39. The fourth-order valence-corrected chi connectivity index (χ4v) is 2.18. The first-order chi connectivity index (χ1) is 13.7. The average molecular weight is 404 g/mol. The van der Waals surface area contributed by atoms with Gasteiger partial charge in [0.2, 0.25) is 0 Å². The number of methoxy groups -OCH3 is 1. The number of esters is 1. The van der Waals surface area contributed by atoms with E-state index in [0.717, 1.165) is 24.3 Å². The van der Waals surface area contributed by atoms with Crippen LogP contribution in [0.5, 0.6) is 5.75 Å². The maximum atomic E-state index is 12.5. The lowest BCUT2D eigenvalue weighted by Crippen LogP contribution is -2.21. The summed E-state index contributed by atoms with van der Waals surface area (Å²) in [5.74, 6) is -1.25. The Hall–Kier alpha value is -3.80. The van der Waals surface area contributed by atoms with Crippen LogP contribution in [-0.4, -0.2) is 25.6 Å². The highest BCUT2D eigenvalue weighted by Gasteiger charge is 2.30. The minimum absolute atomic E-state index is 0.103. The summed E-state index contributed by atoms with van der Waals surface area (Å²) in [6.07, 6.45) is -3.21. The number of rotatable bonds is 6. The standard InChI is InChI=1S/C20H15F3N2O4/c1-28-17-4-2-3-13(10-17)9-14(11-24)19(27)29-12-18(26)25-16-7-5-15(6-8-16)20(21,22)23/h2-10H,12H2,1H3,(H,25,26)/b14-9+. The summed E-state index contributed by atoms with van der Waals surface area (Å²) in [5, 5.41) is 11.4. The van der Waals surface area contributed by atoms with Crippen molar-refractivity contribution in [2.45, 2.75) is 6.18 Å². The van der Waals surface area contributed by atoms with Gasteiger partial charge in [0.15, 0.2) is 6.61 Å². The molecule has 0 bridgehead atoms. The van der Waals surface area contributed by atoms with Crippen LogP contribution in [0.25, 0.3) is 6.08 Å². The van der Waals surface area contributed by atoms with Gasteiger partial charge in [0.1, 0.15) is 17.4 Å². The highest BCUT2D eigenvalue weighted by Crippen LogP contribution is 2.29. The Morgan fingerprint density at radius 3 is 2.45 bits per heavy atom. The van der Waals surface area contributed by atoms with E-state index < -0.39 is 30.2 Å². The second kappa shape index (κ2) is 9.41. The fourth-order valence-electron chi connectivity index (χ4n) is 2.18. The van der Waals surface area contributed by atoms with Gasteiger partial charge in [-0.1, -0.05) is 12.1 Å².